The monoisotopic (exact) mass is 132 g/mol. The highest BCUT2D eigenvalue weighted by Gasteiger charge is 2.20. The lowest BCUT2D eigenvalue weighted by Gasteiger charge is -1.82. The molecule has 48 valence electrons. The van der Waals surface area contributed by atoms with Gasteiger partial charge in [-0.05, 0) is 0 Å². The molecule has 2 aromatic heterocycles. The van der Waals surface area contributed by atoms with Crippen molar-refractivity contribution < 1.29 is 4.74 Å². The predicted molar refractivity (Wildman–Crippen MR) is 35.3 cm³/mol. The molecule has 2 aromatic rings. The molecule has 3 heterocycles. The third-order valence-corrected chi connectivity index (χ3v) is 1.65. The van der Waals surface area contributed by atoms with Crippen LogP contribution in [0.3, 0.4) is 0 Å². The van der Waals surface area contributed by atoms with E-state index in [2.05, 4.69) is 4.98 Å². The molecule has 0 N–H and O–H groups in total. The van der Waals surface area contributed by atoms with Crippen LogP contribution in [-0.2, 0) is 0 Å². The molecule has 0 atom stereocenters. The Morgan fingerprint density at radius 1 is 1.40 bits per heavy atom. The summed E-state index contributed by atoms with van der Waals surface area (Å²) in [6, 6.07) is 1.97. The van der Waals surface area contributed by atoms with Gasteiger partial charge in [0, 0.05) is 6.07 Å². The fourth-order valence-corrected chi connectivity index (χ4v) is 1.08. The normalized spacial score (nSPS) is 12.8. The Bertz CT molecular complexity index is 369. The first-order valence-corrected chi connectivity index (χ1v) is 3.07. The van der Waals surface area contributed by atoms with Gasteiger partial charge in [-0.2, -0.15) is 0 Å². The summed E-state index contributed by atoms with van der Waals surface area (Å²) >= 11 is 0. The number of rotatable bonds is 0. The van der Waals surface area contributed by atoms with Gasteiger partial charge in [0.05, 0.1) is 24.2 Å². The first-order chi connectivity index (χ1) is 4.93. The van der Waals surface area contributed by atoms with Crippen LogP contribution >= 0.6 is 0 Å². The van der Waals surface area contributed by atoms with Crippen LogP contribution in [-0.4, -0.2) is 9.38 Å². The number of hydrogen-bond acceptors (Lipinski definition) is 2. The Labute approximate surface area is 56.9 Å². The van der Waals surface area contributed by atoms with Crippen molar-refractivity contribution in [2.24, 2.45) is 0 Å². The zero-order chi connectivity index (χ0) is 6.55. The van der Waals surface area contributed by atoms with E-state index in [1.54, 1.807) is 6.33 Å². The second-order valence-electron chi connectivity index (χ2n) is 2.33. The number of aromatic nitrogens is 2. The maximum atomic E-state index is 5.09. The van der Waals surface area contributed by atoms with Crippen molar-refractivity contribution in [2.45, 2.75) is 0 Å². The molecule has 1 aliphatic heterocycles. The van der Waals surface area contributed by atoms with Crippen molar-refractivity contribution in [2.75, 3.05) is 0 Å². The van der Waals surface area contributed by atoms with Gasteiger partial charge >= 0.3 is 0 Å². The summed E-state index contributed by atoms with van der Waals surface area (Å²) in [4.78, 5) is 3.98. The molecule has 0 fully saturated rings. The lowest BCUT2D eigenvalue weighted by Crippen LogP contribution is -1.72. The van der Waals surface area contributed by atoms with Crippen molar-refractivity contribution >= 4 is 5.52 Å². The minimum atomic E-state index is 0.963. The Kier molecular flexibility index (Phi) is 0.502. The van der Waals surface area contributed by atoms with Gasteiger partial charge in [0.25, 0.3) is 0 Å². The van der Waals surface area contributed by atoms with Crippen LogP contribution in [0, 0.1) is 0 Å². The van der Waals surface area contributed by atoms with Crippen molar-refractivity contribution in [3.8, 4) is 11.5 Å². The summed E-state index contributed by atoms with van der Waals surface area (Å²) in [5, 5.41) is 0. The van der Waals surface area contributed by atoms with Crippen LogP contribution in [0.1, 0.15) is 0 Å². The smallest absolute Gasteiger partial charge is 0.186 e. The molecule has 0 unspecified atom stereocenters. The molecule has 0 spiro atoms. The minimum absolute atomic E-state index is 0.963. The first-order valence-electron chi connectivity index (χ1n) is 3.07. The van der Waals surface area contributed by atoms with Crippen LogP contribution in [0.5, 0.6) is 11.5 Å². The number of pyridine rings is 1. The van der Waals surface area contributed by atoms with E-state index in [0.29, 0.717) is 0 Å². The summed E-state index contributed by atoms with van der Waals surface area (Å²) in [5.74, 6) is 1.94. The van der Waals surface area contributed by atoms with E-state index in [1.165, 1.54) is 0 Å². The maximum Gasteiger partial charge on any atom is 0.186 e. The largest absolute Gasteiger partial charge is 0.448 e. The molecule has 0 aliphatic carbocycles. The Morgan fingerprint density at radius 2 is 2.40 bits per heavy atom. The molecule has 10 heavy (non-hydrogen) atoms. The van der Waals surface area contributed by atoms with Crippen LogP contribution in [0.2, 0.25) is 0 Å². The van der Waals surface area contributed by atoms with E-state index < -0.39 is 0 Å². The fourth-order valence-electron chi connectivity index (χ4n) is 1.08. The Morgan fingerprint density at radius 3 is 3.40 bits per heavy atom. The molecule has 0 saturated carbocycles. The highest BCUT2D eigenvalue weighted by Crippen LogP contribution is 2.45. The number of ether oxygens (including phenoxy) is 1. The number of nitrogens with zero attached hydrogens (tertiary/aromatic N) is 2. The molecule has 3 heteroatoms. The number of imidazole rings is 1. The standard InChI is InChI=1S/C7H4N2O/c1-5-2-8-4-9(5)3-7-6(1)10-7/h1-4H. The van der Waals surface area contributed by atoms with Gasteiger partial charge in [-0.3, -0.25) is 0 Å². The zero-order valence-electron chi connectivity index (χ0n) is 5.11. The van der Waals surface area contributed by atoms with E-state index in [0.717, 1.165) is 17.0 Å². The molecular weight excluding hydrogens is 128 g/mol. The molecule has 0 aromatic carbocycles. The highest BCUT2D eigenvalue weighted by molar-refractivity contribution is 5.62. The molecule has 0 radical (unpaired) electrons. The Hall–Kier alpha value is -1.51. The van der Waals surface area contributed by atoms with Gasteiger partial charge in [-0.15, -0.1) is 0 Å². The van der Waals surface area contributed by atoms with Crippen molar-refractivity contribution in [1.82, 2.24) is 9.38 Å². The molecule has 0 amide bonds. The molecule has 3 rings (SSSR count). The third-order valence-electron chi connectivity index (χ3n) is 1.65. The lowest BCUT2D eigenvalue weighted by atomic mass is 10.4. The fraction of sp³-hybridized carbons (Fsp3) is 0. The van der Waals surface area contributed by atoms with Gasteiger partial charge in [0.2, 0.25) is 0 Å². The van der Waals surface area contributed by atoms with Gasteiger partial charge in [0.1, 0.15) is 0 Å². The summed E-state index contributed by atoms with van der Waals surface area (Å²) in [7, 11) is 0. The van der Waals surface area contributed by atoms with E-state index in [4.69, 9.17) is 4.74 Å². The predicted octanol–water partition coefficient (Wildman–Crippen LogP) is 1.44. The zero-order valence-corrected chi connectivity index (χ0v) is 5.11. The van der Waals surface area contributed by atoms with Crippen molar-refractivity contribution in [3.05, 3.63) is 24.8 Å². The van der Waals surface area contributed by atoms with Crippen LogP contribution in [0.25, 0.3) is 5.52 Å². The molecule has 0 saturated heterocycles. The highest BCUT2D eigenvalue weighted by atomic mass is 16.6. The van der Waals surface area contributed by atoms with Crippen molar-refractivity contribution in [3.63, 3.8) is 0 Å². The topological polar surface area (TPSA) is 29.8 Å². The quantitative estimate of drug-likeness (QED) is 0.433. The second kappa shape index (κ2) is 1.16. The van der Waals surface area contributed by atoms with E-state index in [-0.39, 0.29) is 0 Å². The second-order valence-corrected chi connectivity index (χ2v) is 2.33. The summed E-state index contributed by atoms with van der Waals surface area (Å²) in [5.41, 5.74) is 1.08. The van der Waals surface area contributed by atoms with Crippen LogP contribution in [0.4, 0.5) is 0 Å². The molecule has 0 bridgehead atoms. The van der Waals surface area contributed by atoms with Gasteiger partial charge in [-0.25, -0.2) is 4.98 Å². The van der Waals surface area contributed by atoms with Crippen molar-refractivity contribution in [1.29, 1.82) is 0 Å². The number of hydrogen-bond donors (Lipinski definition) is 0. The lowest BCUT2D eigenvalue weighted by molar-refractivity contribution is 0.648. The van der Waals surface area contributed by atoms with Gasteiger partial charge in [-0.1, -0.05) is 0 Å². The summed E-state index contributed by atoms with van der Waals surface area (Å²) < 4.78 is 7.03. The average molecular weight is 132 g/mol. The average Bonchev–Trinajstić information content (AvgIpc) is 2.52. The SMILES string of the molecule is c1ncn2cc3c(cc12)O3. The Balaban J connectivity index is 2.58. The number of fused-ring (bicyclic) bond motifs is 2. The molecular formula is C7H4N2O. The molecule has 3 nitrogen and oxygen atoms in total. The third kappa shape index (κ3) is 0.387. The van der Waals surface area contributed by atoms with Gasteiger partial charge in [0.15, 0.2) is 11.5 Å². The van der Waals surface area contributed by atoms with E-state index in [9.17, 15) is 0 Å². The summed E-state index contributed by atoms with van der Waals surface area (Å²) in [6.45, 7) is 0. The molecule has 1 aliphatic rings. The summed E-state index contributed by atoms with van der Waals surface area (Å²) in [6.07, 6.45) is 5.50. The minimum Gasteiger partial charge on any atom is -0.448 e. The first kappa shape index (κ1) is 4.33. The van der Waals surface area contributed by atoms with Crippen LogP contribution < -0.4 is 4.74 Å². The van der Waals surface area contributed by atoms with Gasteiger partial charge < -0.3 is 9.14 Å². The maximum absolute atomic E-state index is 5.09. The van der Waals surface area contributed by atoms with Crippen LogP contribution in [0.15, 0.2) is 24.8 Å². The van der Waals surface area contributed by atoms with E-state index >= 15 is 0 Å². The van der Waals surface area contributed by atoms with E-state index in [1.807, 2.05) is 22.9 Å².